The van der Waals surface area contributed by atoms with Crippen LogP contribution in [0.2, 0.25) is 0 Å². The minimum atomic E-state index is -0.529. The van der Waals surface area contributed by atoms with Crippen LogP contribution >= 0.6 is 23.1 Å². The number of hydrogen-bond donors (Lipinski definition) is 2. The molecule has 184 valence electrons. The van der Waals surface area contributed by atoms with Crippen molar-refractivity contribution >= 4 is 40.0 Å². The predicted octanol–water partition coefficient (Wildman–Crippen LogP) is 2.91. The SMILES string of the molecule is CC(C(=O)N1CCSCC1)C1CCC2(C)Cc3sc(NC(=O)CN(C)C)nc3C(C)C2C1O. The number of aromatic nitrogens is 1. The van der Waals surface area contributed by atoms with Gasteiger partial charge in [-0.25, -0.2) is 4.98 Å². The molecular formula is C24H38N4O3S2. The molecule has 1 aromatic heterocycles. The number of anilines is 1. The highest BCUT2D eigenvalue weighted by molar-refractivity contribution is 7.99. The van der Waals surface area contributed by atoms with Gasteiger partial charge in [0.2, 0.25) is 11.8 Å². The molecule has 1 saturated carbocycles. The van der Waals surface area contributed by atoms with Gasteiger partial charge in [-0.05, 0) is 50.6 Å². The lowest BCUT2D eigenvalue weighted by Gasteiger charge is -2.53. The summed E-state index contributed by atoms with van der Waals surface area (Å²) in [6.45, 7) is 8.42. The van der Waals surface area contributed by atoms with Gasteiger partial charge in [0.15, 0.2) is 5.13 Å². The number of fused-ring (bicyclic) bond motifs is 2. The van der Waals surface area contributed by atoms with Crippen LogP contribution in [0.4, 0.5) is 5.13 Å². The fourth-order valence-electron chi connectivity index (χ4n) is 6.30. The number of aliphatic hydroxyl groups excluding tert-OH is 1. The molecule has 9 heteroatoms. The standard InChI is InChI=1S/C24H38N4O3S2/c1-14(22(31)28-8-10-32-11-9-28)16-6-7-24(3)12-17-20(15(2)19(24)21(16)30)26-23(33-17)25-18(29)13-27(4)5/h14-16,19,21,30H,6-13H2,1-5H3,(H,25,26,29). The first-order chi connectivity index (χ1) is 15.6. The van der Waals surface area contributed by atoms with Crippen LogP contribution in [0.3, 0.4) is 0 Å². The first kappa shape index (κ1) is 24.9. The Hall–Kier alpha value is -1.16. The third-order valence-corrected chi connectivity index (χ3v) is 9.91. The van der Waals surface area contributed by atoms with Gasteiger partial charge in [0.25, 0.3) is 0 Å². The molecule has 6 unspecified atom stereocenters. The summed E-state index contributed by atoms with van der Waals surface area (Å²) < 4.78 is 0. The first-order valence-electron chi connectivity index (χ1n) is 12.1. The van der Waals surface area contributed by atoms with Crippen LogP contribution in [0.25, 0.3) is 0 Å². The summed E-state index contributed by atoms with van der Waals surface area (Å²) in [4.78, 5) is 35.3. The summed E-state index contributed by atoms with van der Waals surface area (Å²) in [6.07, 6.45) is 2.21. The summed E-state index contributed by atoms with van der Waals surface area (Å²) in [7, 11) is 3.74. The number of aliphatic hydroxyl groups is 1. The van der Waals surface area contributed by atoms with Gasteiger partial charge in [0, 0.05) is 41.3 Å². The van der Waals surface area contributed by atoms with Crippen molar-refractivity contribution < 1.29 is 14.7 Å². The zero-order chi connectivity index (χ0) is 23.9. The van der Waals surface area contributed by atoms with Crippen molar-refractivity contribution in [2.24, 2.45) is 23.2 Å². The molecule has 2 N–H and O–H groups in total. The van der Waals surface area contributed by atoms with Crippen molar-refractivity contribution in [3.63, 3.8) is 0 Å². The van der Waals surface area contributed by atoms with Crippen molar-refractivity contribution in [2.45, 2.75) is 52.1 Å². The Bertz CT molecular complexity index is 885. The number of hydrogen-bond acceptors (Lipinski definition) is 7. The highest BCUT2D eigenvalue weighted by Gasteiger charge is 2.54. The lowest BCUT2D eigenvalue weighted by molar-refractivity contribution is -0.144. The number of rotatable bonds is 5. The molecule has 1 aromatic rings. The van der Waals surface area contributed by atoms with E-state index in [0.29, 0.717) is 11.7 Å². The highest BCUT2D eigenvalue weighted by Crippen LogP contribution is 2.57. The van der Waals surface area contributed by atoms with Crippen LogP contribution in [-0.4, -0.2) is 83.0 Å². The Kier molecular flexibility index (Phi) is 7.44. The Morgan fingerprint density at radius 2 is 2.03 bits per heavy atom. The number of carbonyl (C=O) groups excluding carboxylic acids is 2. The van der Waals surface area contributed by atoms with E-state index in [2.05, 4.69) is 19.2 Å². The lowest BCUT2D eigenvalue weighted by atomic mass is 9.53. The monoisotopic (exact) mass is 494 g/mol. The van der Waals surface area contributed by atoms with Gasteiger partial charge < -0.3 is 20.2 Å². The minimum absolute atomic E-state index is 0.0212. The number of nitrogens with zero attached hydrogens (tertiary/aromatic N) is 3. The van der Waals surface area contributed by atoms with E-state index in [1.54, 1.807) is 11.3 Å². The van der Waals surface area contributed by atoms with Gasteiger partial charge in [0.05, 0.1) is 18.3 Å². The first-order valence-corrected chi connectivity index (χ1v) is 14.1. The Morgan fingerprint density at radius 1 is 1.33 bits per heavy atom. The number of likely N-dealkylation sites (N-methyl/N-ethyl adjacent to an activating group) is 1. The maximum absolute atomic E-state index is 13.2. The normalized spacial score (nSPS) is 32.8. The van der Waals surface area contributed by atoms with Gasteiger partial charge in [-0.15, -0.1) is 11.3 Å². The quantitative estimate of drug-likeness (QED) is 0.655. The van der Waals surface area contributed by atoms with Crippen LogP contribution in [-0.2, 0) is 16.0 Å². The van der Waals surface area contributed by atoms with Crippen molar-refractivity contribution in [2.75, 3.05) is 50.6 Å². The second kappa shape index (κ2) is 9.84. The highest BCUT2D eigenvalue weighted by atomic mass is 32.2. The number of thioether (sulfide) groups is 1. The van der Waals surface area contributed by atoms with Crippen molar-refractivity contribution in [3.8, 4) is 0 Å². The van der Waals surface area contributed by atoms with Crippen LogP contribution < -0.4 is 5.32 Å². The minimum Gasteiger partial charge on any atom is -0.392 e. The summed E-state index contributed by atoms with van der Waals surface area (Å²) in [5.74, 6) is 2.10. The molecule has 0 spiro atoms. The molecule has 0 bridgehead atoms. The maximum Gasteiger partial charge on any atom is 0.240 e. The zero-order valence-corrected chi connectivity index (χ0v) is 22.1. The smallest absolute Gasteiger partial charge is 0.240 e. The fourth-order valence-corrected chi connectivity index (χ4v) is 8.48. The molecule has 6 atom stereocenters. The van der Waals surface area contributed by atoms with Crippen molar-refractivity contribution in [1.29, 1.82) is 0 Å². The van der Waals surface area contributed by atoms with Gasteiger partial charge in [-0.3, -0.25) is 9.59 Å². The van der Waals surface area contributed by atoms with Crippen LogP contribution in [0.1, 0.15) is 50.1 Å². The van der Waals surface area contributed by atoms with Gasteiger partial charge in [0.1, 0.15) is 0 Å². The number of carbonyl (C=O) groups is 2. The molecule has 33 heavy (non-hydrogen) atoms. The second-order valence-corrected chi connectivity index (χ2v) is 13.0. The molecule has 7 nitrogen and oxygen atoms in total. The molecule has 2 aliphatic carbocycles. The van der Waals surface area contributed by atoms with E-state index in [4.69, 9.17) is 4.98 Å². The van der Waals surface area contributed by atoms with Crippen LogP contribution in [0.5, 0.6) is 0 Å². The number of amides is 2. The lowest BCUT2D eigenvalue weighted by Crippen LogP contribution is -2.54. The van der Waals surface area contributed by atoms with E-state index in [9.17, 15) is 14.7 Å². The van der Waals surface area contributed by atoms with Gasteiger partial charge in [-0.2, -0.15) is 11.8 Å². The summed E-state index contributed by atoms with van der Waals surface area (Å²) in [6, 6.07) is 0. The Labute approximate surface area is 205 Å². The molecule has 0 radical (unpaired) electrons. The van der Waals surface area contributed by atoms with Crippen LogP contribution in [0.15, 0.2) is 0 Å². The van der Waals surface area contributed by atoms with E-state index in [1.165, 1.54) is 4.88 Å². The molecular weight excluding hydrogens is 456 g/mol. The predicted molar refractivity (Wildman–Crippen MR) is 135 cm³/mol. The summed E-state index contributed by atoms with van der Waals surface area (Å²) >= 11 is 3.48. The molecule has 3 aliphatic rings. The van der Waals surface area contributed by atoms with Crippen LogP contribution in [0, 0.1) is 23.2 Å². The largest absolute Gasteiger partial charge is 0.392 e. The average Bonchev–Trinajstić information content (AvgIpc) is 3.14. The van der Waals surface area contributed by atoms with E-state index >= 15 is 0 Å². The fraction of sp³-hybridized carbons (Fsp3) is 0.792. The van der Waals surface area contributed by atoms with E-state index in [0.717, 1.165) is 49.6 Å². The Morgan fingerprint density at radius 3 is 2.70 bits per heavy atom. The molecule has 2 amide bonds. The number of nitrogens with one attached hydrogen (secondary N) is 1. The Balaban J connectivity index is 1.51. The van der Waals surface area contributed by atoms with E-state index in [1.807, 2.05) is 42.6 Å². The number of thiazole rings is 1. The molecule has 1 saturated heterocycles. The zero-order valence-electron chi connectivity index (χ0n) is 20.5. The van der Waals surface area contributed by atoms with E-state index in [-0.39, 0.29) is 40.9 Å². The molecule has 1 aliphatic heterocycles. The van der Waals surface area contributed by atoms with Crippen molar-refractivity contribution in [1.82, 2.24) is 14.8 Å². The molecule has 4 rings (SSSR count). The van der Waals surface area contributed by atoms with Gasteiger partial charge >= 0.3 is 0 Å². The second-order valence-electron chi connectivity index (χ2n) is 10.7. The summed E-state index contributed by atoms with van der Waals surface area (Å²) in [5.41, 5.74) is 0.985. The van der Waals surface area contributed by atoms with E-state index < -0.39 is 6.10 Å². The molecule has 2 fully saturated rings. The maximum atomic E-state index is 13.2. The third kappa shape index (κ3) is 4.97. The summed E-state index contributed by atoms with van der Waals surface area (Å²) in [5, 5.41) is 15.2. The van der Waals surface area contributed by atoms with Gasteiger partial charge in [-0.1, -0.05) is 20.8 Å². The third-order valence-electron chi connectivity index (χ3n) is 7.98. The molecule has 0 aromatic carbocycles. The topological polar surface area (TPSA) is 85.8 Å². The average molecular weight is 495 g/mol. The molecule has 2 heterocycles. The van der Waals surface area contributed by atoms with Crippen molar-refractivity contribution in [3.05, 3.63) is 10.6 Å².